The van der Waals surface area contributed by atoms with E-state index in [1.807, 2.05) is 61.5 Å². The van der Waals surface area contributed by atoms with E-state index in [1.54, 1.807) is 12.1 Å². The van der Waals surface area contributed by atoms with Crippen molar-refractivity contribution in [2.45, 2.75) is 26.7 Å². The molecule has 0 aliphatic carbocycles. The zero-order valence-electron chi connectivity index (χ0n) is 18.3. The summed E-state index contributed by atoms with van der Waals surface area (Å²) in [5.41, 5.74) is 8.31. The highest BCUT2D eigenvalue weighted by atomic mass is 35.5. The number of halogens is 1. The van der Waals surface area contributed by atoms with Gasteiger partial charge in [0.2, 0.25) is 0 Å². The first kappa shape index (κ1) is 21.7. The Balaban J connectivity index is 1.68. The molecule has 1 aromatic heterocycles. The summed E-state index contributed by atoms with van der Waals surface area (Å²) in [6.07, 6.45) is 0. The van der Waals surface area contributed by atoms with Crippen LogP contribution in [-0.2, 0) is 0 Å². The van der Waals surface area contributed by atoms with E-state index in [0.29, 0.717) is 33.1 Å². The average molecular weight is 442 g/mol. The minimum absolute atomic E-state index is 0.310. The lowest BCUT2D eigenvalue weighted by atomic mass is 10.0. The summed E-state index contributed by atoms with van der Waals surface area (Å²) in [7, 11) is 0. The molecule has 5 heteroatoms. The lowest BCUT2D eigenvalue weighted by Gasteiger charge is -2.11. The van der Waals surface area contributed by atoms with Gasteiger partial charge in [0.05, 0.1) is 27.5 Å². The molecule has 0 fully saturated rings. The van der Waals surface area contributed by atoms with Crippen LogP contribution in [0.2, 0.25) is 5.02 Å². The van der Waals surface area contributed by atoms with Crippen LogP contribution in [0.3, 0.4) is 0 Å². The molecule has 0 aliphatic heterocycles. The zero-order valence-corrected chi connectivity index (χ0v) is 19.0. The van der Waals surface area contributed by atoms with Gasteiger partial charge < -0.3 is 0 Å². The number of benzene rings is 3. The van der Waals surface area contributed by atoms with Crippen molar-refractivity contribution in [2.24, 2.45) is 5.10 Å². The van der Waals surface area contributed by atoms with Crippen LogP contribution in [0.15, 0.2) is 84.0 Å². The molecule has 4 nitrogen and oxygen atoms in total. The van der Waals surface area contributed by atoms with Gasteiger partial charge in [0, 0.05) is 10.9 Å². The standard InChI is InChI=1S/C27H24ClN3O/c1-17(2)19-12-14-20(15-13-19)18(3)30-31-27(32)23-16-25(21-8-5-4-6-9-21)29-26-22(23)10-7-11-24(26)28/h4-17H,1-3H3,(H,31,32)/b30-18-. The topological polar surface area (TPSA) is 54.4 Å². The third-order valence-electron chi connectivity index (χ3n) is 5.42. The number of pyridine rings is 1. The van der Waals surface area contributed by atoms with Crippen molar-refractivity contribution in [3.05, 3.63) is 101 Å². The summed E-state index contributed by atoms with van der Waals surface area (Å²) in [5.74, 6) is 0.154. The normalized spacial score (nSPS) is 11.7. The SMILES string of the molecule is C/C(=N/NC(=O)c1cc(-c2ccccc2)nc2c(Cl)cccc12)c1ccc(C(C)C)cc1. The molecule has 0 aliphatic rings. The van der Waals surface area contributed by atoms with Crippen molar-refractivity contribution in [3.63, 3.8) is 0 Å². The van der Waals surface area contributed by atoms with Gasteiger partial charge in [-0.05, 0) is 36.1 Å². The molecule has 160 valence electrons. The molecule has 1 N–H and O–H groups in total. The molecule has 0 bridgehead atoms. The highest BCUT2D eigenvalue weighted by molar-refractivity contribution is 6.35. The zero-order chi connectivity index (χ0) is 22.7. The molecule has 1 heterocycles. The second-order valence-corrected chi connectivity index (χ2v) is 8.38. The summed E-state index contributed by atoms with van der Waals surface area (Å²) >= 11 is 6.41. The van der Waals surface area contributed by atoms with Crippen LogP contribution in [0.4, 0.5) is 0 Å². The fourth-order valence-corrected chi connectivity index (χ4v) is 3.74. The Labute approximate surface area is 193 Å². The monoisotopic (exact) mass is 441 g/mol. The first-order chi connectivity index (χ1) is 15.4. The summed E-state index contributed by atoms with van der Waals surface area (Å²) in [6.45, 7) is 6.19. The number of aromatic nitrogens is 1. The van der Waals surface area contributed by atoms with Crippen LogP contribution < -0.4 is 5.43 Å². The van der Waals surface area contributed by atoms with Gasteiger partial charge in [0.15, 0.2) is 0 Å². The van der Waals surface area contributed by atoms with Crippen molar-refractivity contribution in [1.29, 1.82) is 0 Å². The van der Waals surface area contributed by atoms with E-state index in [9.17, 15) is 4.79 Å². The van der Waals surface area contributed by atoms with Gasteiger partial charge in [-0.25, -0.2) is 10.4 Å². The molecular formula is C27H24ClN3O. The van der Waals surface area contributed by atoms with Gasteiger partial charge in [-0.15, -0.1) is 0 Å². The Morgan fingerprint density at radius 2 is 1.69 bits per heavy atom. The number of hydrogen-bond acceptors (Lipinski definition) is 3. The predicted octanol–water partition coefficient (Wildman–Crippen LogP) is 6.83. The van der Waals surface area contributed by atoms with Gasteiger partial charge in [-0.2, -0.15) is 5.10 Å². The third-order valence-corrected chi connectivity index (χ3v) is 5.73. The third kappa shape index (κ3) is 4.56. The molecule has 3 aromatic carbocycles. The molecular weight excluding hydrogens is 418 g/mol. The number of fused-ring (bicyclic) bond motifs is 1. The average Bonchev–Trinajstić information content (AvgIpc) is 2.82. The maximum atomic E-state index is 13.1. The number of para-hydroxylation sites is 1. The van der Waals surface area contributed by atoms with E-state index in [-0.39, 0.29) is 5.91 Å². The van der Waals surface area contributed by atoms with E-state index in [1.165, 1.54) is 5.56 Å². The van der Waals surface area contributed by atoms with E-state index >= 15 is 0 Å². The van der Waals surface area contributed by atoms with Crippen molar-refractivity contribution in [3.8, 4) is 11.3 Å². The first-order valence-corrected chi connectivity index (χ1v) is 10.9. The smallest absolute Gasteiger partial charge is 0.267 e. The Bertz CT molecular complexity index is 1300. The van der Waals surface area contributed by atoms with E-state index in [2.05, 4.69) is 36.5 Å². The number of nitrogens with zero attached hydrogens (tertiary/aromatic N) is 2. The number of rotatable bonds is 5. The number of hydrazone groups is 1. The highest BCUT2D eigenvalue weighted by Gasteiger charge is 2.15. The summed E-state index contributed by atoms with van der Waals surface area (Å²) < 4.78 is 0. The van der Waals surface area contributed by atoms with Crippen LogP contribution in [-0.4, -0.2) is 16.6 Å². The Kier molecular flexibility index (Phi) is 6.33. The lowest BCUT2D eigenvalue weighted by Crippen LogP contribution is -2.20. The summed E-state index contributed by atoms with van der Waals surface area (Å²) in [6, 6.07) is 25.2. The molecule has 0 saturated heterocycles. The van der Waals surface area contributed by atoms with Crippen LogP contribution in [0.25, 0.3) is 22.2 Å². The summed E-state index contributed by atoms with van der Waals surface area (Å²) in [4.78, 5) is 17.8. The van der Waals surface area contributed by atoms with Crippen molar-refractivity contribution >= 4 is 34.1 Å². The molecule has 0 spiro atoms. The Morgan fingerprint density at radius 1 is 0.969 bits per heavy atom. The number of carbonyl (C=O) groups is 1. The minimum Gasteiger partial charge on any atom is -0.267 e. The molecule has 0 atom stereocenters. The van der Waals surface area contributed by atoms with Crippen molar-refractivity contribution in [2.75, 3.05) is 0 Å². The van der Waals surface area contributed by atoms with Gasteiger partial charge in [-0.1, -0.05) is 92.2 Å². The van der Waals surface area contributed by atoms with E-state index < -0.39 is 0 Å². The number of amides is 1. The second-order valence-electron chi connectivity index (χ2n) is 7.97. The van der Waals surface area contributed by atoms with Gasteiger partial charge in [0.25, 0.3) is 5.91 Å². The van der Waals surface area contributed by atoms with Crippen molar-refractivity contribution in [1.82, 2.24) is 10.4 Å². The van der Waals surface area contributed by atoms with Crippen molar-refractivity contribution < 1.29 is 4.79 Å². The number of carbonyl (C=O) groups excluding carboxylic acids is 1. The fourth-order valence-electron chi connectivity index (χ4n) is 3.53. The van der Waals surface area contributed by atoms with Gasteiger partial charge in [-0.3, -0.25) is 4.79 Å². The predicted molar refractivity (Wildman–Crippen MR) is 132 cm³/mol. The van der Waals surface area contributed by atoms with E-state index in [0.717, 1.165) is 16.8 Å². The van der Waals surface area contributed by atoms with Gasteiger partial charge >= 0.3 is 0 Å². The maximum absolute atomic E-state index is 13.1. The Hall–Kier alpha value is -3.50. The van der Waals surface area contributed by atoms with Gasteiger partial charge in [0.1, 0.15) is 0 Å². The molecule has 0 radical (unpaired) electrons. The molecule has 4 rings (SSSR count). The van der Waals surface area contributed by atoms with Crippen LogP contribution in [0.1, 0.15) is 48.2 Å². The molecule has 1 amide bonds. The maximum Gasteiger partial charge on any atom is 0.272 e. The molecule has 4 aromatic rings. The summed E-state index contributed by atoms with van der Waals surface area (Å²) in [5, 5.41) is 5.52. The van der Waals surface area contributed by atoms with Crippen LogP contribution >= 0.6 is 11.6 Å². The lowest BCUT2D eigenvalue weighted by molar-refractivity contribution is 0.0956. The number of nitrogens with one attached hydrogen (secondary N) is 1. The van der Waals surface area contributed by atoms with Crippen LogP contribution in [0, 0.1) is 0 Å². The highest BCUT2D eigenvalue weighted by Crippen LogP contribution is 2.29. The fraction of sp³-hybridized carbons (Fsp3) is 0.148. The molecule has 0 saturated carbocycles. The quantitative estimate of drug-likeness (QED) is 0.272. The Morgan fingerprint density at radius 3 is 2.38 bits per heavy atom. The second kappa shape index (κ2) is 9.33. The van der Waals surface area contributed by atoms with E-state index in [4.69, 9.17) is 16.6 Å². The molecule has 0 unspecified atom stereocenters. The minimum atomic E-state index is -0.310. The molecule has 32 heavy (non-hydrogen) atoms. The number of hydrogen-bond donors (Lipinski definition) is 1. The van der Waals surface area contributed by atoms with Crippen LogP contribution in [0.5, 0.6) is 0 Å². The largest absolute Gasteiger partial charge is 0.272 e. The first-order valence-electron chi connectivity index (χ1n) is 10.5.